The molecule has 1 aliphatic carbocycles. The van der Waals surface area contributed by atoms with E-state index in [-0.39, 0.29) is 10.9 Å². The van der Waals surface area contributed by atoms with Gasteiger partial charge in [-0.25, -0.2) is 17.8 Å². The van der Waals surface area contributed by atoms with Crippen molar-refractivity contribution >= 4 is 15.8 Å². The van der Waals surface area contributed by atoms with E-state index in [1.807, 2.05) is 6.92 Å². The Morgan fingerprint density at radius 1 is 1.35 bits per heavy atom. The summed E-state index contributed by atoms with van der Waals surface area (Å²) < 4.78 is 29.0. The summed E-state index contributed by atoms with van der Waals surface area (Å²) in [6, 6.07) is 6.83. The van der Waals surface area contributed by atoms with Crippen LogP contribution in [0.4, 0.5) is 5.82 Å². The highest BCUT2D eigenvalue weighted by Gasteiger charge is 2.29. The van der Waals surface area contributed by atoms with E-state index in [2.05, 4.69) is 9.82 Å². The van der Waals surface area contributed by atoms with Crippen LogP contribution in [-0.2, 0) is 10.0 Å². The Hall–Kier alpha value is -1.86. The number of nitrogens with two attached hydrogens (primary N) is 1. The van der Waals surface area contributed by atoms with Gasteiger partial charge in [0.25, 0.3) is 0 Å². The number of nitrogen functional groups attached to an aromatic ring is 1. The standard InChI is InChI=1S/C13H16N4O2S/c1-9-8-17(15-13(9)14)11-4-2-3-5-12(11)20(18,19)16-10-6-7-10/h2-5,8,10,16H,6-7H2,1H3,(H2,14,15). The Labute approximate surface area is 117 Å². The first-order valence-corrected chi connectivity index (χ1v) is 7.89. The minimum atomic E-state index is -3.53. The van der Waals surface area contributed by atoms with Gasteiger partial charge in [0.15, 0.2) is 0 Å². The minimum absolute atomic E-state index is 0.0671. The first-order chi connectivity index (χ1) is 9.47. The Balaban J connectivity index is 2.08. The quantitative estimate of drug-likeness (QED) is 0.886. The second kappa shape index (κ2) is 4.60. The topological polar surface area (TPSA) is 90.0 Å². The number of nitrogens with zero attached hydrogens (tertiary/aromatic N) is 2. The maximum Gasteiger partial charge on any atom is 0.242 e. The molecule has 0 atom stereocenters. The first-order valence-electron chi connectivity index (χ1n) is 6.41. The van der Waals surface area contributed by atoms with Crippen LogP contribution >= 0.6 is 0 Å². The number of sulfonamides is 1. The smallest absolute Gasteiger partial charge is 0.242 e. The van der Waals surface area contributed by atoms with E-state index in [1.54, 1.807) is 30.5 Å². The number of aromatic nitrogens is 2. The van der Waals surface area contributed by atoms with Crippen LogP contribution in [0.2, 0.25) is 0 Å². The Kier molecular flexibility index (Phi) is 3.02. The molecular weight excluding hydrogens is 276 g/mol. The molecule has 7 heteroatoms. The monoisotopic (exact) mass is 292 g/mol. The molecule has 6 nitrogen and oxygen atoms in total. The van der Waals surface area contributed by atoms with Crippen molar-refractivity contribution in [3.8, 4) is 5.69 Å². The number of anilines is 1. The van der Waals surface area contributed by atoms with Gasteiger partial charge in [-0.2, -0.15) is 5.10 Å². The molecule has 0 amide bonds. The molecule has 1 aromatic carbocycles. The fraction of sp³-hybridized carbons (Fsp3) is 0.308. The second-order valence-electron chi connectivity index (χ2n) is 5.01. The molecule has 0 spiro atoms. The Morgan fingerprint density at radius 2 is 2.05 bits per heavy atom. The van der Waals surface area contributed by atoms with Gasteiger partial charge in [-0.3, -0.25) is 0 Å². The molecule has 1 aliphatic rings. The number of para-hydroxylation sites is 1. The lowest BCUT2D eigenvalue weighted by molar-refractivity contribution is 0.580. The van der Waals surface area contributed by atoms with Crippen LogP contribution in [0.1, 0.15) is 18.4 Å². The predicted molar refractivity (Wildman–Crippen MR) is 76.1 cm³/mol. The van der Waals surface area contributed by atoms with E-state index in [4.69, 9.17) is 5.73 Å². The molecule has 106 valence electrons. The van der Waals surface area contributed by atoms with E-state index >= 15 is 0 Å². The van der Waals surface area contributed by atoms with Crippen LogP contribution in [0.25, 0.3) is 5.69 Å². The van der Waals surface area contributed by atoms with Gasteiger partial charge in [-0.15, -0.1) is 0 Å². The highest BCUT2D eigenvalue weighted by molar-refractivity contribution is 7.89. The average molecular weight is 292 g/mol. The van der Waals surface area contributed by atoms with Gasteiger partial charge in [-0.1, -0.05) is 12.1 Å². The third kappa shape index (κ3) is 2.41. The van der Waals surface area contributed by atoms with Crippen LogP contribution in [0, 0.1) is 6.92 Å². The van der Waals surface area contributed by atoms with Crippen LogP contribution < -0.4 is 10.5 Å². The summed E-state index contributed by atoms with van der Waals surface area (Å²) in [7, 11) is -3.53. The van der Waals surface area contributed by atoms with Gasteiger partial charge < -0.3 is 5.73 Å². The fourth-order valence-corrected chi connectivity index (χ4v) is 3.45. The van der Waals surface area contributed by atoms with Gasteiger partial charge in [0, 0.05) is 17.8 Å². The molecule has 0 saturated heterocycles. The van der Waals surface area contributed by atoms with Gasteiger partial charge in [0.05, 0.1) is 5.69 Å². The third-order valence-corrected chi connectivity index (χ3v) is 4.80. The van der Waals surface area contributed by atoms with Crippen molar-refractivity contribution in [1.29, 1.82) is 0 Å². The van der Waals surface area contributed by atoms with Gasteiger partial charge >= 0.3 is 0 Å². The molecule has 0 unspecified atom stereocenters. The summed E-state index contributed by atoms with van der Waals surface area (Å²) in [5.41, 5.74) is 7.04. The average Bonchev–Trinajstić information content (AvgIpc) is 3.14. The van der Waals surface area contributed by atoms with E-state index in [1.165, 1.54) is 4.68 Å². The van der Waals surface area contributed by atoms with Crippen molar-refractivity contribution in [2.24, 2.45) is 0 Å². The zero-order chi connectivity index (χ0) is 14.3. The number of hydrogen-bond donors (Lipinski definition) is 2. The highest BCUT2D eigenvalue weighted by atomic mass is 32.2. The van der Waals surface area contributed by atoms with E-state index < -0.39 is 10.0 Å². The molecule has 1 saturated carbocycles. The molecule has 1 fully saturated rings. The predicted octanol–water partition coefficient (Wildman–Crippen LogP) is 1.20. The maximum absolute atomic E-state index is 12.4. The van der Waals surface area contributed by atoms with Gasteiger partial charge in [0.1, 0.15) is 10.7 Å². The lowest BCUT2D eigenvalue weighted by Gasteiger charge is -2.10. The van der Waals surface area contributed by atoms with Crippen molar-refractivity contribution < 1.29 is 8.42 Å². The summed E-state index contributed by atoms with van der Waals surface area (Å²) >= 11 is 0. The minimum Gasteiger partial charge on any atom is -0.382 e. The third-order valence-electron chi connectivity index (χ3n) is 3.24. The molecule has 2 aromatic rings. The zero-order valence-corrected chi connectivity index (χ0v) is 11.9. The van der Waals surface area contributed by atoms with Crippen molar-refractivity contribution in [2.45, 2.75) is 30.7 Å². The number of aryl methyl sites for hydroxylation is 1. The first kappa shape index (κ1) is 13.1. The lowest BCUT2D eigenvalue weighted by Crippen LogP contribution is -2.26. The molecule has 0 aliphatic heterocycles. The van der Waals surface area contributed by atoms with Gasteiger partial charge in [0.2, 0.25) is 10.0 Å². The SMILES string of the molecule is Cc1cn(-c2ccccc2S(=O)(=O)NC2CC2)nc1N. The van der Waals surface area contributed by atoms with Crippen LogP contribution in [0.5, 0.6) is 0 Å². The summed E-state index contributed by atoms with van der Waals surface area (Å²) in [5, 5.41) is 4.15. The number of benzene rings is 1. The van der Waals surface area contributed by atoms with E-state index in [0.29, 0.717) is 11.5 Å². The summed E-state index contributed by atoms with van der Waals surface area (Å²) in [6.07, 6.45) is 3.52. The van der Waals surface area contributed by atoms with Crippen LogP contribution in [-0.4, -0.2) is 24.2 Å². The molecule has 20 heavy (non-hydrogen) atoms. The Bertz CT molecular complexity index is 728. The van der Waals surface area contributed by atoms with Crippen LogP contribution in [0.15, 0.2) is 35.4 Å². The number of hydrogen-bond acceptors (Lipinski definition) is 4. The van der Waals surface area contributed by atoms with Crippen molar-refractivity contribution in [2.75, 3.05) is 5.73 Å². The van der Waals surface area contributed by atoms with E-state index in [0.717, 1.165) is 18.4 Å². The molecular formula is C13H16N4O2S. The molecule has 0 bridgehead atoms. The molecule has 1 aromatic heterocycles. The zero-order valence-electron chi connectivity index (χ0n) is 11.1. The second-order valence-corrected chi connectivity index (χ2v) is 6.69. The highest BCUT2D eigenvalue weighted by Crippen LogP contribution is 2.25. The van der Waals surface area contributed by atoms with Gasteiger partial charge in [-0.05, 0) is 31.9 Å². The summed E-state index contributed by atoms with van der Waals surface area (Å²) in [6.45, 7) is 1.83. The molecule has 0 radical (unpaired) electrons. The number of rotatable bonds is 4. The normalized spacial score (nSPS) is 15.4. The van der Waals surface area contributed by atoms with E-state index in [9.17, 15) is 8.42 Å². The summed E-state index contributed by atoms with van der Waals surface area (Å²) in [5.74, 6) is 0.396. The Morgan fingerprint density at radius 3 is 2.65 bits per heavy atom. The van der Waals surface area contributed by atoms with Crippen LogP contribution in [0.3, 0.4) is 0 Å². The molecule has 3 rings (SSSR count). The van der Waals surface area contributed by atoms with Crippen molar-refractivity contribution in [3.05, 3.63) is 36.0 Å². The maximum atomic E-state index is 12.4. The van der Waals surface area contributed by atoms with Crippen molar-refractivity contribution in [3.63, 3.8) is 0 Å². The fourth-order valence-electron chi connectivity index (χ4n) is 1.95. The largest absolute Gasteiger partial charge is 0.382 e. The molecule has 3 N–H and O–H groups in total. The van der Waals surface area contributed by atoms with Crippen molar-refractivity contribution in [1.82, 2.24) is 14.5 Å². The summed E-state index contributed by atoms with van der Waals surface area (Å²) in [4.78, 5) is 0.217. The lowest BCUT2D eigenvalue weighted by atomic mass is 10.3. The number of nitrogens with one attached hydrogen (secondary N) is 1. The molecule has 1 heterocycles.